The lowest BCUT2D eigenvalue weighted by Gasteiger charge is -2.09. The lowest BCUT2D eigenvalue weighted by Crippen LogP contribution is -2.20. The molecule has 138 valence electrons. The normalized spacial score (nSPS) is 12.1. The number of ether oxygens (including phenoxy) is 1. The number of fused-ring (bicyclic) bond motifs is 1. The van der Waals surface area contributed by atoms with Crippen molar-refractivity contribution in [3.8, 4) is 22.9 Å². The van der Waals surface area contributed by atoms with E-state index in [1.807, 2.05) is 42.5 Å². The summed E-state index contributed by atoms with van der Waals surface area (Å²) in [5.41, 5.74) is 6.23. The molecule has 0 heterocycles. The average molecular weight is 368 g/mol. The maximum absolute atomic E-state index is 12.2. The Bertz CT molecular complexity index is 1030. The van der Waals surface area contributed by atoms with Crippen LogP contribution in [0.25, 0.3) is 11.1 Å². The number of anilines is 1. The molecule has 0 unspecified atom stereocenters. The lowest BCUT2D eigenvalue weighted by molar-refractivity contribution is -0.118. The highest BCUT2D eigenvalue weighted by atomic mass is 16.5. The molecule has 0 saturated heterocycles. The molecule has 0 radical (unpaired) electrons. The molecule has 1 aliphatic rings. The van der Waals surface area contributed by atoms with E-state index in [1.165, 1.54) is 17.5 Å². The molecular formula is C24H20N2O2. The van der Waals surface area contributed by atoms with Crippen molar-refractivity contribution >= 4 is 11.6 Å². The summed E-state index contributed by atoms with van der Waals surface area (Å²) in [6.45, 7) is -0.0344. The van der Waals surface area contributed by atoms with Crippen molar-refractivity contribution in [3.05, 3.63) is 83.4 Å². The van der Waals surface area contributed by atoms with Gasteiger partial charge in [-0.3, -0.25) is 4.79 Å². The summed E-state index contributed by atoms with van der Waals surface area (Å²) in [5, 5.41) is 11.8. The van der Waals surface area contributed by atoms with Gasteiger partial charge in [-0.25, -0.2) is 0 Å². The van der Waals surface area contributed by atoms with Gasteiger partial charge >= 0.3 is 0 Å². The molecule has 4 rings (SSSR count). The van der Waals surface area contributed by atoms with Crippen molar-refractivity contribution in [2.75, 3.05) is 11.9 Å². The van der Waals surface area contributed by atoms with E-state index >= 15 is 0 Å². The Hall–Kier alpha value is -3.58. The highest BCUT2D eigenvalue weighted by Crippen LogP contribution is 2.25. The Balaban J connectivity index is 1.33. The largest absolute Gasteiger partial charge is 0.484 e. The van der Waals surface area contributed by atoms with E-state index in [9.17, 15) is 4.79 Å². The van der Waals surface area contributed by atoms with Crippen LogP contribution in [-0.4, -0.2) is 12.5 Å². The Kier molecular flexibility index (Phi) is 5.07. The summed E-state index contributed by atoms with van der Waals surface area (Å²) in [6, 6.07) is 23.2. The van der Waals surface area contributed by atoms with Gasteiger partial charge in [-0.15, -0.1) is 0 Å². The Morgan fingerprint density at radius 3 is 2.32 bits per heavy atom. The number of aryl methyl sites for hydroxylation is 2. The molecule has 0 aliphatic heterocycles. The third-order valence-corrected chi connectivity index (χ3v) is 4.95. The molecule has 0 atom stereocenters. The quantitative estimate of drug-likeness (QED) is 0.708. The van der Waals surface area contributed by atoms with Crippen LogP contribution in [0.15, 0.2) is 66.7 Å². The van der Waals surface area contributed by atoms with E-state index in [0.29, 0.717) is 11.3 Å². The minimum Gasteiger partial charge on any atom is -0.484 e. The number of carbonyl (C=O) groups is 1. The van der Waals surface area contributed by atoms with E-state index in [4.69, 9.17) is 10.00 Å². The van der Waals surface area contributed by atoms with Crippen LogP contribution >= 0.6 is 0 Å². The van der Waals surface area contributed by atoms with Gasteiger partial charge in [0.25, 0.3) is 5.91 Å². The third-order valence-electron chi connectivity index (χ3n) is 4.95. The summed E-state index contributed by atoms with van der Waals surface area (Å²) in [5.74, 6) is 0.468. The van der Waals surface area contributed by atoms with Crippen LogP contribution in [-0.2, 0) is 17.6 Å². The zero-order valence-corrected chi connectivity index (χ0v) is 15.4. The second-order valence-electron chi connectivity index (χ2n) is 6.89. The molecule has 0 fully saturated rings. The Morgan fingerprint density at radius 1 is 0.929 bits per heavy atom. The maximum atomic E-state index is 12.2. The van der Waals surface area contributed by atoms with E-state index in [0.717, 1.165) is 29.7 Å². The number of nitrogens with one attached hydrogen (secondary N) is 1. The van der Waals surface area contributed by atoms with Crippen LogP contribution in [0, 0.1) is 11.3 Å². The van der Waals surface area contributed by atoms with Crippen LogP contribution in [0.5, 0.6) is 5.75 Å². The molecule has 3 aromatic carbocycles. The van der Waals surface area contributed by atoms with Gasteiger partial charge < -0.3 is 10.1 Å². The molecule has 0 aromatic heterocycles. The summed E-state index contributed by atoms with van der Waals surface area (Å²) in [4.78, 5) is 12.2. The standard InChI is InChI=1S/C24H20N2O2/c25-15-17-4-6-19(7-5-17)20-9-12-23(13-10-20)28-16-24(27)26-22-11-8-18-2-1-3-21(18)14-22/h4-14H,1-3,16H2,(H,26,27). The van der Waals surface area contributed by atoms with Crippen molar-refractivity contribution in [1.82, 2.24) is 0 Å². The molecule has 4 nitrogen and oxygen atoms in total. The van der Waals surface area contributed by atoms with Crippen LogP contribution in [0.4, 0.5) is 5.69 Å². The maximum Gasteiger partial charge on any atom is 0.262 e. The SMILES string of the molecule is N#Cc1ccc(-c2ccc(OCC(=O)Nc3ccc4c(c3)CCC4)cc2)cc1. The number of hydrogen-bond acceptors (Lipinski definition) is 3. The molecule has 3 aromatic rings. The van der Waals surface area contributed by atoms with Gasteiger partial charge in [-0.05, 0) is 77.9 Å². The first kappa shape index (κ1) is 17.8. The highest BCUT2D eigenvalue weighted by Gasteiger charge is 2.12. The van der Waals surface area contributed by atoms with Crippen molar-refractivity contribution in [1.29, 1.82) is 5.26 Å². The second-order valence-corrected chi connectivity index (χ2v) is 6.89. The lowest BCUT2D eigenvalue weighted by atomic mass is 10.0. The predicted octanol–water partition coefficient (Wildman–Crippen LogP) is 4.73. The molecule has 0 spiro atoms. The van der Waals surface area contributed by atoms with Gasteiger partial charge in [0, 0.05) is 5.69 Å². The molecular weight excluding hydrogens is 348 g/mol. The van der Waals surface area contributed by atoms with Gasteiger partial charge in [-0.1, -0.05) is 30.3 Å². The van der Waals surface area contributed by atoms with E-state index in [-0.39, 0.29) is 12.5 Å². The van der Waals surface area contributed by atoms with Gasteiger partial charge in [0.1, 0.15) is 5.75 Å². The van der Waals surface area contributed by atoms with Gasteiger partial charge in [0.05, 0.1) is 11.6 Å². The number of nitrogens with zero attached hydrogens (tertiary/aromatic N) is 1. The zero-order valence-electron chi connectivity index (χ0n) is 15.4. The second kappa shape index (κ2) is 7.98. The molecule has 0 saturated carbocycles. The number of rotatable bonds is 5. The number of benzene rings is 3. The first-order valence-electron chi connectivity index (χ1n) is 9.36. The number of hydrogen-bond donors (Lipinski definition) is 1. The number of carbonyl (C=O) groups excluding carboxylic acids is 1. The summed E-state index contributed by atoms with van der Waals surface area (Å²) in [7, 11) is 0. The predicted molar refractivity (Wildman–Crippen MR) is 109 cm³/mol. The third kappa shape index (κ3) is 4.05. The molecule has 1 N–H and O–H groups in total. The molecule has 1 aliphatic carbocycles. The van der Waals surface area contributed by atoms with Crippen LogP contribution in [0.2, 0.25) is 0 Å². The van der Waals surface area contributed by atoms with Crippen LogP contribution in [0.3, 0.4) is 0 Å². The fourth-order valence-corrected chi connectivity index (χ4v) is 3.48. The van der Waals surface area contributed by atoms with Gasteiger partial charge in [0.15, 0.2) is 6.61 Å². The molecule has 0 bridgehead atoms. The van der Waals surface area contributed by atoms with Crippen LogP contribution in [0.1, 0.15) is 23.1 Å². The van der Waals surface area contributed by atoms with Crippen molar-refractivity contribution in [2.24, 2.45) is 0 Å². The minimum atomic E-state index is -0.172. The van der Waals surface area contributed by atoms with E-state index < -0.39 is 0 Å². The van der Waals surface area contributed by atoms with Crippen LogP contribution < -0.4 is 10.1 Å². The van der Waals surface area contributed by atoms with Gasteiger partial charge in [0.2, 0.25) is 0 Å². The molecule has 4 heteroatoms. The average Bonchev–Trinajstić information content (AvgIpc) is 3.21. The monoisotopic (exact) mass is 368 g/mol. The van der Waals surface area contributed by atoms with E-state index in [2.05, 4.69) is 23.5 Å². The minimum absolute atomic E-state index is 0.0344. The molecule has 1 amide bonds. The van der Waals surface area contributed by atoms with Crippen molar-refractivity contribution in [3.63, 3.8) is 0 Å². The fourth-order valence-electron chi connectivity index (χ4n) is 3.48. The van der Waals surface area contributed by atoms with Crippen molar-refractivity contribution < 1.29 is 9.53 Å². The fraction of sp³-hybridized carbons (Fsp3) is 0.167. The summed E-state index contributed by atoms with van der Waals surface area (Å²) in [6.07, 6.45) is 3.40. The molecule has 28 heavy (non-hydrogen) atoms. The summed E-state index contributed by atoms with van der Waals surface area (Å²) >= 11 is 0. The van der Waals surface area contributed by atoms with Crippen molar-refractivity contribution in [2.45, 2.75) is 19.3 Å². The number of amides is 1. The smallest absolute Gasteiger partial charge is 0.262 e. The van der Waals surface area contributed by atoms with E-state index in [1.54, 1.807) is 12.1 Å². The first-order valence-corrected chi connectivity index (χ1v) is 9.36. The summed E-state index contributed by atoms with van der Waals surface area (Å²) < 4.78 is 5.60. The zero-order chi connectivity index (χ0) is 19.3. The number of nitriles is 1. The first-order chi connectivity index (χ1) is 13.7. The Labute approximate surface area is 164 Å². The topological polar surface area (TPSA) is 62.1 Å². The van der Waals surface area contributed by atoms with Gasteiger partial charge in [-0.2, -0.15) is 5.26 Å². The Morgan fingerprint density at radius 2 is 1.61 bits per heavy atom. The highest BCUT2D eigenvalue weighted by molar-refractivity contribution is 5.92.